The average molecular weight is 142 g/mol. The first-order valence-electron chi connectivity index (χ1n) is 3.29. The molecule has 0 aliphatic carbocycles. The minimum atomic E-state index is 0.0731. The van der Waals surface area contributed by atoms with Gasteiger partial charge in [-0.2, -0.15) is 0 Å². The third-order valence-corrected chi connectivity index (χ3v) is 1.57. The molecule has 1 rings (SSSR count). The molecule has 1 fully saturated rings. The highest BCUT2D eigenvalue weighted by atomic mass is 16.1. The molecule has 0 bridgehead atoms. The van der Waals surface area contributed by atoms with Crippen LogP contribution in [0, 0.1) is 0 Å². The van der Waals surface area contributed by atoms with Crippen molar-refractivity contribution in [2.75, 3.05) is 6.54 Å². The first-order valence-corrected chi connectivity index (χ1v) is 3.29. The lowest BCUT2D eigenvalue weighted by Crippen LogP contribution is -2.45. The van der Waals surface area contributed by atoms with Crippen molar-refractivity contribution < 1.29 is 9.59 Å². The van der Waals surface area contributed by atoms with Crippen molar-refractivity contribution in [2.24, 2.45) is 0 Å². The van der Waals surface area contributed by atoms with E-state index in [1.54, 1.807) is 0 Å². The highest BCUT2D eigenvalue weighted by molar-refractivity contribution is 5.76. The molecule has 2 N–H and O–H groups in total. The van der Waals surface area contributed by atoms with E-state index in [0.29, 0.717) is 19.4 Å². The zero-order valence-electron chi connectivity index (χ0n) is 5.59. The second kappa shape index (κ2) is 3.20. The Hall–Kier alpha value is -1.06. The summed E-state index contributed by atoms with van der Waals surface area (Å²) in [6.07, 6.45) is 1.94. The summed E-state index contributed by atoms with van der Waals surface area (Å²) in [5.74, 6) is 0.0731. The highest BCUT2D eigenvalue weighted by Crippen LogP contribution is 2.00. The van der Waals surface area contributed by atoms with Gasteiger partial charge in [0.25, 0.3) is 0 Å². The summed E-state index contributed by atoms with van der Waals surface area (Å²) in [4.78, 5) is 20.5. The first-order chi connectivity index (χ1) is 4.83. The van der Waals surface area contributed by atoms with Crippen LogP contribution in [0.25, 0.3) is 0 Å². The van der Waals surface area contributed by atoms with Gasteiger partial charge in [0.2, 0.25) is 12.3 Å². The van der Waals surface area contributed by atoms with E-state index < -0.39 is 0 Å². The molecule has 0 aromatic rings. The molecule has 1 saturated heterocycles. The molecule has 10 heavy (non-hydrogen) atoms. The number of carbonyl (C=O) groups is 2. The topological polar surface area (TPSA) is 58.2 Å². The number of rotatable bonds is 2. The maximum atomic E-state index is 10.6. The molecular formula is C6H10N2O2. The Balaban J connectivity index is 2.25. The normalized spacial score (nSPS) is 25.2. The quantitative estimate of drug-likeness (QED) is 0.486. The van der Waals surface area contributed by atoms with E-state index in [-0.39, 0.29) is 11.9 Å². The van der Waals surface area contributed by atoms with E-state index in [1.807, 2.05) is 0 Å². The largest absolute Gasteiger partial charge is 0.354 e. The van der Waals surface area contributed by atoms with Crippen molar-refractivity contribution in [1.29, 1.82) is 0 Å². The lowest BCUT2D eigenvalue weighted by Gasteiger charge is -2.21. The summed E-state index contributed by atoms with van der Waals surface area (Å²) < 4.78 is 0. The van der Waals surface area contributed by atoms with E-state index in [4.69, 9.17) is 0 Å². The van der Waals surface area contributed by atoms with Crippen molar-refractivity contribution in [1.82, 2.24) is 10.6 Å². The smallest absolute Gasteiger partial charge is 0.220 e. The van der Waals surface area contributed by atoms with Gasteiger partial charge in [-0.15, -0.1) is 0 Å². The second-order valence-electron chi connectivity index (χ2n) is 2.32. The maximum absolute atomic E-state index is 10.6. The average Bonchev–Trinajstić information content (AvgIpc) is 1.95. The van der Waals surface area contributed by atoms with Crippen molar-refractivity contribution in [3.8, 4) is 0 Å². The van der Waals surface area contributed by atoms with Crippen molar-refractivity contribution in [3.05, 3.63) is 0 Å². The van der Waals surface area contributed by atoms with E-state index >= 15 is 0 Å². The molecule has 56 valence electrons. The van der Waals surface area contributed by atoms with E-state index in [1.165, 1.54) is 0 Å². The monoisotopic (exact) mass is 142 g/mol. The van der Waals surface area contributed by atoms with Crippen LogP contribution in [0.5, 0.6) is 0 Å². The predicted molar refractivity (Wildman–Crippen MR) is 35.2 cm³/mol. The molecular weight excluding hydrogens is 132 g/mol. The van der Waals surface area contributed by atoms with Gasteiger partial charge in [-0.25, -0.2) is 0 Å². The Bertz CT molecular complexity index is 137. The van der Waals surface area contributed by atoms with Crippen molar-refractivity contribution in [3.63, 3.8) is 0 Å². The molecule has 1 heterocycles. The van der Waals surface area contributed by atoms with Crippen LogP contribution in [0.3, 0.4) is 0 Å². The van der Waals surface area contributed by atoms with Gasteiger partial charge in [0, 0.05) is 19.0 Å². The summed E-state index contributed by atoms with van der Waals surface area (Å²) in [5.41, 5.74) is 0. The molecule has 2 amide bonds. The van der Waals surface area contributed by atoms with Gasteiger partial charge in [0.05, 0.1) is 0 Å². The molecule has 1 aliphatic rings. The molecule has 0 saturated carbocycles. The molecule has 1 aliphatic heterocycles. The number of hydrogen-bond donors (Lipinski definition) is 2. The van der Waals surface area contributed by atoms with E-state index in [0.717, 1.165) is 6.42 Å². The third kappa shape index (κ3) is 1.72. The van der Waals surface area contributed by atoms with E-state index in [2.05, 4.69) is 10.6 Å². The van der Waals surface area contributed by atoms with Gasteiger partial charge in [-0.1, -0.05) is 0 Å². The zero-order valence-corrected chi connectivity index (χ0v) is 5.59. The number of carbonyl (C=O) groups excluding carboxylic acids is 2. The summed E-state index contributed by atoms with van der Waals surface area (Å²) in [6.45, 7) is 0.567. The Kier molecular flexibility index (Phi) is 2.25. The molecule has 0 spiro atoms. The van der Waals surface area contributed by atoms with Crippen LogP contribution in [0.15, 0.2) is 0 Å². The van der Waals surface area contributed by atoms with Crippen molar-refractivity contribution >= 4 is 12.3 Å². The van der Waals surface area contributed by atoms with Crippen LogP contribution in [-0.2, 0) is 9.59 Å². The summed E-state index contributed by atoms with van der Waals surface area (Å²) in [7, 11) is 0. The van der Waals surface area contributed by atoms with Gasteiger partial charge >= 0.3 is 0 Å². The van der Waals surface area contributed by atoms with Gasteiger partial charge in [-0.3, -0.25) is 9.59 Å². The Morgan fingerprint density at radius 2 is 2.50 bits per heavy atom. The van der Waals surface area contributed by atoms with Crippen LogP contribution < -0.4 is 10.6 Å². The van der Waals surface area contributed by atoms with Gasteiger partial charge in [-0.05, 0) is 6.42 Å². The third-order valence-electron chi connectivity index (χ3n) is 1.57. The fourth-order valence-electron chi connectivity index (χ4n) is 0.971. The Morgan fingerprint density at radius 3 is 3.00 bits per heavy atom. The van der Waals surface area contributed by atoms with Crippen LogP contribution >= 0.6 is 0 Å². The Morgan fingerprint density at radius 1 is 1.70 bits per heavy atom. The van der Waals surface area contributed by atoms with E-state index in [9.17, 15) is 9.59 Å². The van der Waals surface area contributed by atoms with Crippen molar-refractivity contribution in [2.45, 2.75) is 18.9 Å². The standard InChI is InChI=1S/C6H10N2O2/c9-4-8-5-1-2-6(10)7-3-5/h4-5H,1-3H2,(H,7,10)(H,8,9)/t5-/m1/s1. The number of amides is 2. The molecule has 4 nitrogen and oxygen atoms in total. The number of nitrogens with one attached hydrogen (secondary N) is 2. The lowest BCUT2D eigenvalue weighted by atomic mass is 10.1. The van der Waals surface area contributed by atoms with Crippen LogP contribution in [0.4, 0.5) is 0 Å². The molecule has 0 aromatic heterocycles. The van der Waals surface area contributed by atoms with Gasteiger partial charge < -0.3 is 10.6 Å². The SMILES string of the molecule is O=CN[C@@H]1CCC(=O)NC1. The minimum absolute atomic E-state index is 0.0731. The zero-order chi connectivity index (χ0) is 7.40. The molecule has 0 radical (unpaired) electrons. The fraction of sp³-hybridized carbons (Fsp3) is 0.667. The first kappa shape index (κ1) is 7.05. The predicted octanol–water partition coefficient (Wildman–Crippen LogP) is -0.989. The minimum Gasteiger partial charge on any atom is -0.354 e. The van der Waals surface area contributed by atoms with Crippen LogP contribution in [0.1, 0.15) is 12.8 Å². The van der Waals surface area contributed by atoms with Crippen LogP contribution in [-0.4, -0.2) is 24.9 Å². The number of hydrogen-bond acceptors (Lipinski definition) is 2. The summed E-state index contributed by atoms with van der Waals surface area (Å²) >= 11 is 0. The maximum Gasteiger partial charge on any atom is 0.220 e. The van der Waals surface area contributed by atoms with Gasteiger partial charge in [0.15, 0.2) is 0 Å². The number of piperidine rings is 1. The van der Waals surface area contributed by atoms with Crippen LogP contribution in [0.2, 0.25) is 0 Å². The molecule has 4 heteroatoms. The molecule has 0 unspecified atom stereocenters. The Labute approximate surface area is 59.0 Å². The van der Waals surface area contributed by atoms with Gasteiger partial charge in [0.1, 0.15) is 0 Å². The summed E-state index contributed by atoms with van der Waals surface area (Å²) in [5, 5.41) is 5.27. The highest BCUT2D eigenvalue weighted by Gasteiger charge is 2.15. The fourth-order valence-corrected chi connectivity index (χ4v) is 0.971. The molecule has 0 aromatic carbocycles. The summed E-state index contributed by atoms with van der Waals surface area (Å²) in [6, 6.07) is 0.134. The molecule has 1 atom stereocenters. The lowest BCUT2D eigenvalue weighted by molar-refractivity contribution is -0.123. The second-order valence-corrected chi connectivity index (χ2v) is 2.32.